The molecule has 0 amide bonds. The number of hydrogen-bond acceptors (Lipinski definition) is 3. The second-order valence-corrected chi connectivity index (χ2v) is 5.00. The van der Waals surface area contributed by atoms with E-state index in [-0.39, 0.29) is 0 Å². The SMILES string of the molecule is Cc1ccc(-n2nncc2CNCC(C)C)cc1. The maximum absolute atomic E-state index is 4.14. The molecule has 4 nitrogen and oxygen atoms in total. The van der Waals surface area contributed by atoms with E-state index >= 15 is 0 Å². The number of nitrogens with one attached hydrogen (secondary N) is 1. The first kappa shape index (κ1) is 12.8. The Hall–Kier alpha value is -1.68. The summed E-state index contributed by atoms with van der Waals surface area (Å²) in [5.41, 5.74) is 3.39. The van der Waals surface area contributed by atoms with E-state index in [0.29, 0.717) is 5.92 Å². The first-order valence-corrected chi connectivity index (χ1v) is 6.34. The fourth-order valence-corrected chi connectivity index (χ4v) is 1.77. The molecular weight excluding hydrogens is 224 g/mol. The van der Waals surface area contributed by atoms with Crippen LogP contribution in [0.15, 0.2) is 30.5 Å². The molecule has 0 fully saturated rings. The van der Waals surface area contributed by atoms with Crippen molar-refractivity contribution in [3.63, 3.8) is 0 Å². The Balaban J connectivity index is 2.10. The molecule has 4 heteroatoms. The van der Waals surface area contributed by atoms with Crippen LogP contribution in [0.2, 0.25) is 0 Å². The molecule has 0 spiro atoms. The van der Waals surface area contributed by atoms with Gasteiger partial charge in [-0.15, -0.1) is 5.10 Å². The molecule has 0 saturated heterocycles. The van der Waals surface area contributed by atoms with Gasteiger partial charge in [-0.1, -0.05) is 36.8 Å². The predicted molar refractivity (Wildman–Crippen MR) is 72.6 cm³/mol. The molecule has 0 aliphatic heterocycles. The van der Waals surface area contributed by atoms with Crippen molar-refractivity contribution in [2.24, 2.45) is 5.92 Å². The number of nitrogens with zero attached hydrogens (tertiary/aromatic N) is 3. The van der Waals surface area contributed by atoms with E-state index in [9.17, 15) is 0 Å². The second-order valence-electron chi connectivity index (χ2n) is 5.00. The van der Waals surface area contributed by atoms with E-state index in [0.717, 1.165) is 24.5 Å². The molecule has 0 aliphatic carbocycles. The standard InChI is InChI=1S/C14H20N4/c1-11(2)8-15-9-14-10-16-17-18(14)13-6-4-12(3)5-7-13/h4-7,10-11,15H,8-9H2,1-3H3. The Kier molecular flexibility index (Phi) is 4.10. The zero-order valence-corrected chi connectivity index (χ0v) is 11.2. The maximum Gasteiger partial charge on any atom is 0.0783 e. The van der Waals surface area contributed by atoms with Crippen LogP contribution in [-0.2, 0) is 6.54 Å². The third-order valence-corrected chi connectivity index (χ3v) is 2.76. The molecule has 0 atom stereocenters. The van der Waals surface area contributed by atoms with Crippen molar-refractivity contribution in [1.29, 1.82) is 0 Å². The van der Waals surface area contributed by atoms with Crippen LogP contribution >= 0.6 is 0 Å². The van der Waals surface area contributed by atoms with Crippen LogP contribution in [-0.4, -0.2) is 21.5 Å². The third kappa shape index (κ3) is 3.17. The molecule has 2 aromatic rings. The van der Waals surface area contributed by atoms with Gasteiger partial charge in [-0.3, -0.25) is 0 Å². The minimum atomic E-state index is 0.647. The van der Waals surface area contributed by atoms with Gasteiger partial charge in [-0.25, -0.2) is 4.68 Å². The van der Waals surface area contributed by atoms with E-state index in [1.165, 1.54) is 5.56 Å². The minimum Gasteiger partial charge on any atom is -0.311 e. The largest absolute Gasteiger partial charge is 0.311 e. The summed E-state index contributed by atoms with van der Waals surface area (Å²) in [7, 11) is 0. The highest BCUT2D eigenvalue weighted by Gasteiger charge is 2.05. The number of aryl methyl sites for hydroxylation is 1. The normalized spacial score (nSPS) is 11.1. The molecular formula is C14H20N4. The summed E-state index contributed by atoms with van der Waals surface area (Å²) < 4.78 is 1.88. The summed E-state index contributed by atoms with van der Waals surface area (Å²) in [6.45, 7) is 8.26. The molecule has 1 aromatic heterocycles. The molecule has 0 saturated carbocycles. The van der Waals surface area contributed by atoms with Gasteiger partial charge in [-0.2, -0.15) is 0 Å². The molecule has 2 rings (SSSR count). The highest BCUT2D eigenvalue weighted by molar-refractivity contribution is 5.34. The lowest BCUT2D eigenvalue weighted by atomic mass is 10.2. The van der Waals surface area contributed by atoms with Gasteiger partial charge in [-0.05, 0) is 31.5 Å². The van der Waals surface area contributed by atoms with Crippen molar-refractivity contribution in [2.75, 3.05) is 6.54 Å². The van der Waals surface area contributed by atoms with Crippen molar-refractivity contribution < 1.29 is 0 Å². The quantitative estimate of drug-likeness (QED) is 0.877. The number of benzene rings is 1. The van der Waals surface area contributed by atoms with Crippen molar-refractivity contribution in [2.45, 2.75) is 27.3 Å². The van der Waals surface area contributed by atoms with E-state index in [2.05, 4.69) is 60.7 Å². The summed E-state index contributed by atoms with van der Waals surface area (Å²) in [6.07, 6.45) is 1.81. The first-order chi connectivity index (χ1) is 8.66. The molecule has 0 bridgehead atoms. The third-order valence-electron chi connectivity index (χ3n) is 2.76. The van der Waals surface area contributed by atoms with Crippen molar-refractivity contribution in [3.05, 3.63) is 41.7 Å². The molecule has 0 aliphatic rings. The van der Waals surface area contributed by atoms with Gasteiger partial charge < -0.3 is 5.32 Å². The summed E-state index contributed by atoms with van der Waals surface area (Å²) in [6, 6.07) is 8.30. The molecule has 1 N–H and O–H groups in total. The van der Waals surface area contributed by atoms with Crippen LogP contribution in [0.5, 0.6) is 0 Å². The van der Waals surface area contributed by atoms with Gasteiger partial charge in [0, 0.05) is 6.54 Å². The van der Waals surface area contributed by atoms with E-state index < -0.39 is 0 Å². The lowest BCUT2D eigenvalue weighted by Crippen LogP contribution is -2.20. The summed E-state index contributed by atoms with van der Waals surface area (Å²) >= 11 is 0. The average molecular weight is 244 g/mol. The average Bonchev–Trinajstić information content (AvgIpc) is 2.78. The zero-order valence-electron chi connectivity index (χ0n) is 11.2. The summed E-state index contributed by atoms with van der Waals surface area (Å²) in [4.78, 5) is 0. The Morgan fingerprint density at radius 2 is 1.94 bits per heavy atom. The van der Waals surface area contributed by atoms with Crippen LogP contribution < -0.4 is 5.32 Å². The van der Waals surface area contributed by atoms with E-state index in [1.54, 1.807) is 0 Å². The van der Waals surface area contributed by atoms with Gasteiger partial charge in [0.2, 0.25) is 0 Å². The zero-order chi connectivity index (χ0) is 13.0. The van der Waals surface area contributed by atoms with Gasteiger partial charge in [0.1, 0.15) is 0 Å². The Morgan fingerprint density at radius 3 is 2.61 bits per heavy atom. The molecule has 96 valence electrons. The molecule has 0 unspecified atom stereocenters. The van der Waals surface area contributed by atoms with Crippen LogP contribution in [0, 0.1) is 12.8 Å². The van der Waals surface area contributed by atoms with Crippen LogP contribution in [0.25, 0.3) is 5.69 Å². The lowest BCUT2D eigenvalue weighted by Gasteiger charge is -2.09. The summed E-state index contributed by atoms with van der Waals surface area (Å²) in [5, 5.41) is 11.5. The number of aromatic nitrogens is 3. The minimum absolute atomic E-state index is 0.647. The first-order valence-electron chi connectivity index (χ1n) is 6.34. The topological polar surface area (TPSA) is 42.7 Å². The fraction of sp³-hybridized carbons (Fsp3) is 0.429. The molecule has 18 heavy (non-hydrogen) atoms. The maximum atomic E-state index is 4.14. The van der Waals surface area contributed by atoms with Crippen molar-refractivity contribution in [3.8, 4) is 5.69 Å². The molecule has 1 aromatic carbocycles. The number of hydrogen-bond donors (Lipinski definition) is 1. The fourth-order valence-electron chi connectivity index (χ4n) is 1.77. The lowest BCUT2D eigenvalue weighted by molar-refractivity contribution is 0.542. The van der Waals surface area contributed by atoms with Crippen LogP contribution in [0.4, 0.5) is 0 Å². The van der Waals surface area contributed by atoms with Crippen LogP contribution in [0.3, 0.4) is 0 Å². The van der Waals surface area contributed by atoms with Gasteiger partial charge >= 0.3 is 0 Å². The smallest absolute Gasteiger partial charge is 0.0783 e. The Labute approximate surface area is 108 Å². The van der Waals surface area contributed by atoms with Gasteiger partial charge in [0.15, 0.2) is 0 Å². The summed E-state index contributed by atoms with van der Waals surface area (Å²) in [5.74, 6) is 0.647. The van der Waals surface area contributed by atoms with Gasteiger partial charge in [0.05, 0.1) is 17.6 Å². The van der Waals surface area contributed by atoms with E-state index in [4.69, 9.17) is 0 Å². The molecule has 0 radical (unpaired) electrons. The second kappa shape index (κ2) is 5.78. The Bertz CT molecular complexity index is 485. The van der Waals surface area contributed by atoms with Crippen molar-refractivity contribution in [1.82, 2.24) is 20.3 Å². The highest BCUT2D eigenvalue weighted by atomic mass is 15.4. The predicted octanol–water partition coefficient (Wildman–Crippen LogP) is 2.32. The van der Waals surface area contributed by atoms with Gasteiger partial charge in [0.25, 0.3) is 0 Å². The Morgan fingerprint density at radius 1 is 1.22 bits per heavy atom. The number of rotatable bonds is 5. The monoisotopic (exact) mass is 244 g/mol. The van der Waals surface area contributed by atoms with Crippen LogP contribution in [0.1, 0.15) is 25.1 Å². The van der Waals surface area contributed by atoms with E-state index in [1.807, 2.05) is 10.9 Å². The van der Waals surface area contributed by atoms with Crippen molar-refractivity contribution >= 4 is 0 Å². The molecule has 1 heterocycles. The highest BCUT2D eigenvalue weighted by Crippen LogP contribution is 2.10.